The molecule has 1 aliphatic carbocycles. The molecule has 192 valence electrons. The highest BCUT2D eigenvalue weighted by Gasteiger charge is 2.83. The zero-order chi connectivity index (χ0) is 24.3. The van der Waals surface area contributed by atoms with Crippen LogP contribution in [0.2, 0.25) is 0 Å². The zero-order valence-electron chi connectivity index (χ0n) is 21.1. The molecule has 1 aromatic rings. The summed E-state index contributed by atoms with van der Waals surface area (Å²) in [7, 11) is 2.20. The van der Waals surface area contributed by atoms with Gasteiger partial charge in [0.15, 0.2) is 6.23 Å². The number of anilines is 1. The van der Waals surface area contributed by atoms with Crippen molar-refractivity contribution in [2.24, 2.45) is 17.8 Å². The van der Waals surface area contributed by atoms with E-state index in [0.717, 1.165) is 36.8 Å². The summed E-state index contributed by atoms with van der Waals surface area (Å²) < 4.78 is 1.68. The SMILES string of the molecule is CC[C@H]1C2C[C@H]3[C@@H]4N(C)c5ccc(Br)cc5C45C[C@@H](C2[C@@H]5O)[N+]3(CC(O)CN2CCCCC2)[C@@H]1O. The quantitative estimate of drug-likeness (QED) is 0.495. The lowest BCUT2D eigenvalue weighted by atomic mass is 9.60. The van der Waals surface area contributed by atoms with Crippen molar-refractivity contribution in [3.8, 4) is 0 Å². The molecular formula is C28H41BrN3O3+. The number of benzene rings is 1. The first-order chi connectivity index (χ1) is 16.8. The molecule has 3 N–H and O–H groups in total. The largest absolute Gasteiger partial charge is 0.392 e. The molecule has 6 heterocycles. The molecule has 8 rings (SSSR count). The van der Waals surface area contributed by atoms with E-state index in [1.165, 1.54) is 30.5 Å². The third kappa shape index (κ3) is 2.78. The number of halogens is 1. The van der Waals surface area contributed by atoms with Gasteiger partial charge in [0, 0.05) is 48.4 Å². The van der Waals surface area contributed by atoms with Crippen LogP contribution in [0.1, 0.15) is 51.0 Å². The van der Waals surface area contributed by atoms with Crippen LogP contribution in [0.5, 0.6) is 0 Å². The Labute approximate surface area is 217 Å². The molecule has 1 saturated carbocycles. The van der Waals surface area contributed by atoms with Crippen molar-refractivity contribution in [2.45, 2.75) is 87.4 Å². The van der Waals surface area contributed by atoms with Crippen LogP contribution in [0.4, 0.5) is 5.69 Å². The predicted octanol–water partition coefficient (Wildman–Crippen LogP) is 2.68. The first-order valence-corrected chi connectivity index (χ1v) is 14.8. The summed E-state index contributed by atoms with van der Waals surface area (Å²) in [6.45, 7) is 5.67. The molecule has 0 amide bonds. The number of likely N-dealkylation sites (N-methyl/N-ethyl adjacent to an activating group) is 1. The number of aliphatic hydroxyl groups excluding tert-OH is 3. The molecule has 7 heteroatoms. The molecule has 5 bridgehead atoms. The van der Waals surface area contributed by atoms with Crippen molar-refractivity contribution < 1.29 is 19.8 Å². The maximum absolute atomic E-state index is 12.2. The summed E-state index contributed by atoms with van der Waals surface area (Å²) in [5.74, 6) is 0.768. The maximum Gasteiger partial charge on any atom is 0.194 e. The minimum atomic E-state index is -0.452. The Hall–Kier alpha value is -0.700. The highest BCUT2D eigenvalue weighted by atomic mass is 79.9. The lowest BCUT2D eigenvalue weighted by Crippen LogP contribution is -2.84. The maximum atomic E-state index is 12.2. The van der Waals surface area contributed by atoms with Gasteiger partial charge in [0.1, 0.15) is 18.7 Å². The normalized spacial score (nSPS) is 48.3. The van der Waals surface area contributed by atoms with Gasteiger partial charge in [-0.3, -0.25) is 4.48 Å². The lowest BCUT2D eigenvalue weighted by Gasteiger charge is -2.68. The van der Waals surface area contributed by atoms with Gasteiger partial charge in [-0.2, -0.15) is 0 Å². The molecule has 7 aliphatic rings. The van der Waals surface area contributed by atoms with Crippen LogP contribution in [-0.2, 0) is 5.41 Å². The van der Waals surface area contributed by atoms with Crippen LogP contribution in [0.15, 0.2) is 22.7 Å². The highest BCUT2D eigenvalue weighted by molar-refractivity contribution is 9.10. The predicted molar refractivity (Wildman–Crippen MR) is 139 cm³/mol. The van der Waals surface area contributed by atoms with Crippen LogP contribution in [0, 0.1) is 17.8 Å². The van der Waals surface area contributed by atoms with E-state index in [9.17, 15) is 15.3 Å². The molecule has 6 fully saturated rings. The van der Waals surface area contributed by atoms with Gasteiger partial charge in [0.25, 0.3) is 0 Å². The Bertz CT molecular complexity index is 1020. The summed E-state index contributed by atoms with van der Waals surface area (Å²) in [5.41, 5.74) is 2.25. The Balaban J connectivity index is 1.33. The third-order valence-corrected chi connectivity index (χ3v) is 12.1. The topological polar surface area (TPSA) is 67.2 Å². The van der Waals surface area contributed by atoms with Crippen LogP contribution < -0.4 is 4.90 Å². The number of likely N-dealkylation sites (tertiary alicyclic amines) is 1. The molecule has 0 aromatic heterocycles. The molecule has 11 atom stereocenters. The van der Waals surface area contributed by atoms with E-state index in [4.69, 9.17) is 0 Å². The average molecular weight is 548 g/mol. The molecule has 6 aliphatic heterocycles. The molecular weight excluding hydrogens is 506 g/mol. The molecule has 6 nitrogen and oxygen atoms in total. The number of quaternary nitrogens is 1. The van der Waals surface area contributed by atoms with Gasteiger partial charge in [-0.1, -0.05) is 29.3 Å². The Kier molecular flexibility index (Phi) is 5.29. The number of fused-ring (bicyclic) bond motifs is 2. The molecule has 35 heavy (non-hydrogen) atoms. The Morgan fingerprint density at radius 1 is 1.17 bits per heavy atom. The number of rotatable bonds is 5. The van der Waals surface area contributed by atoms with E-state index in [0.29, 0.717) is 23.5 Å². The van der Waals surface area contributed by atoms with Crippen molar-refractivity contribution in [1.82, 2.24) is 4.90 Å². The average Bonchev–Trinajstić information content (AvgIpc) is 3.22. The van der Waals surface area contributed by atoms with Crippen LogP contribution in [0.25, 0.3) is 0 Å². The second-order valence-corrected chi connectivity index (χ2v) is 13.6. The number of hydrogen-bond donors (Lipinski definition) is 3. The lowest BCUT2D eigenvalue weighted by molar-refractivity contribution is -1.04. The van der Waals surface area contributed by atoms with Crippen molar-refractivity contribution in [3.63, 3.8) is 0 Å². The number of hydrogen-bond acceptors (Lipinski definition) is 5. The fraction of sp³-hybridized carbons (Fsp3) is 0.786. The summed E-state index contributed by atoms with van der Waals surface area (Å²) in [5, 5.41) is 35.9. The second kappa shape index (κ2) is 7.90. The van der Waals surface area contributed by atoms with E-state index in [1.54, 1.807) is 0 Å². The molecule has 5 unspecified atom stereocenters. The van der Waals surface area contributed by atoms with Gasteiger partial charge in [0.05, 0.1) is 23.6 Å². The summed E-state index contributed by atoms with van der Waals surface area (Å²) in [6, 6.07) is 7.18. The van der Waals surface area contributed by atoms with E-state index in [2.05, 4.69) is 57.9 Å². The number of β-amino-alcohol motifs (C(OH)–C–C–N with tert-alkyl or cyclic N) is 1. The van der Waals surface area contributed by atoms with E-state index < -0.39 is 18.4 Å². The van der Waals surface area contributed by atoms with Gasteiger partial charge in [0.2, 0.25) is 0 Å². The van der Waals surface area contributed by atoms with Gasteiger partial charge < -0.3 is 25.1 Å². The van der Waals surface area contributed by atoms with Crippen LogP contribution >= 0.6 is 15.9 Å². The monoisotopic (exact) mass is 546 g/mol. The minimum Gasteiger partial charge on any atom is -0.392 e. The van der Waals surface area contributed by atoms with Gasteiger partial charge in [-0.15, -0.1) is 0 Å². The number of piperidine rings is 5. The van der Waals surface area contributed by atoms with Crippen LogP contribution in [-0.4, -0.2) is 94.5 Å². The highest BCUT2D eigenvalue weighted by Crippen LogP contribution is 2.71. The second-order valence-electron chi connectivity index (χ2n) is 12.7. The van der Waals surface area contributed by atoms with Crippen molar-refractivity contribution in [2.75, 3.05) is 38.1 Å². The van der Waals surface area contributed by atoms with Gasteiger partial charge in [-0.25, -0.2) is 0 Å². The van der Waals surface area contributed by atoms with Crippen molar-refractivity contribution >= 4 is 21.6 Å². The zero-order valence-corrected chi connectivity index (χ0v) is 22.6. The molecule has 5 saturated heterocycles. The van der Waals surface area contributed by atoms with E-state index in [1.807, 2.05) is 0 Å². The smallest absolute Gasteiger partial charge is 0.194 e. The van der Waals surface area contributed by atoms with Gasteiger partial charge >= 0.3 is 0 Å². The van der Waals surface area contributed by atoms with Crippen molar-refractivity contribution in [3.05, 3.63) is 28.2 Å². The molecule has 1 spiro atoms. The van der Waals surface area contributed by atoms with E-state index >= 15 is 0 Å². The summed E-state index contributed by atoms with van der Waals surface area (Å²) >= 11 is 3.71. The first kappa shape index (κ1) is 23.4. The third-order valence-electron chi connectivity index (χ3n) is 11.6. The van der Waals surface area contributed by atoms with E-state index in [-0.39, 0.29) is 35.4 Å². The Morgan fingerprint density at radius 2 is 1.94 bits per heavy atom. The number of aliphatic hydroxyl groups is 3. The summed E-state index contributed by atoms with van der Waals surface area (Å²) in [4.78, 5) is 4.85. The molecule has 0 radical (unpaired) electrons. The van der Waals surface area contributed by atoms with Crippen molar-refractivity contribution in [1.29, 1.82) is 0 Å². The summed E-state index contributed by atoms with van der Waals surface area (Å²) in [6.07, 6.45) is 5.33. The minimum absolute atomic E-state index is 0.155. The molecule has 1 aromatic carbocycles. The van der Waals surface area contributed by atoms with Crippen LogP contribution in [0.3, 0.4) is 0 Å². The van der Waals surface area contributed by atoms with Gasteiger partial charge in [-0.05, 0) is 62.0 Å². The number of nitrogens with zero attached hydrogens (tertiary/aromatic N) is 3. The fourth-order valence-corrected chi connectivity index (χ4v) is 11.0. The Morgan fingerprint density at radius 3 is 2.69 bits per heavy atom. The fourth-order valence-electron chi connectivity index (χ4n) is 10.6. The standard InChI is InChI=1S/C28H41BrN3O3/c1-3-18-19-12-22-25-28(20-11-16(29)7-8-21(20)30(25)2)13-23(24(19)26(28)34)32(22,27(18)35)15-17(33)14-31-9-5-4-6-10-31/h7-8,11,17-19,22-27,33-35H,3-6,9-10,12-15H2,1-2H3/q+1/t17?,18-,19?,22-,23-,24?,25-,26-,27+,28?,32?/m0/s1. The first-order valence-electron chi connectivity index (χ1n) is 14.0.